The zero-order valence-corrected chi connectivity index (χ0v) is 10.4. The zero-order chi connectivity index (χ0) is 13.3. The van der Waals surface area contributed by atoms with Gasteiger partial charge in [-0.1, -0.05) is 6.92 Å². The van der Waals surface area contributed by atoms with Gasteiger partial charge in [0.25, 0.3) is 0 Å². The number of aliphatic carboxylic acids is 1. The van der Waals surface area contributed by atoms with Crippen LogP contribution in [0.1, 0.15) is 18.1 Å². The van der Waals surface area contributed by atoms with E-state index in [1.54, 1.807) is 19.2 Å². The molecule has 1 aromatic rings. The first-order valence-corrected chi connectivity index (χ1v) is 5.88. The Hall–Kier alpha value is -2.09. The molecule has 0 bridgehead atoms. The van der Waals surface area contributed by atoms with E-state index in [9.17, 15) is 4.79 Å². The third-order valence-electron chi connectivity index (χ3n) is 3.56. The van der Waals surface area contributed by atoms with Crippen LogP contribution in [-0.4, -0.2) is 29.1 Å². The van der Waals surface area contributed by atoms with Gasteiger partial charge in [-0.15, -0.1) is 0 Å². The first-order chi connectivity index (χ1) is 8.54. The second-order valence-electron chi connectivity index (χ2n) is 4.73. The van der Waals surface area contributed by atoms with E-state index < -0.39 is 5.97 Å². The van der Waals surface area contributed by atoms with Gasteiger partial charge in [-0.3, -0.25) is 4.79 Å². The van der Waals surface area contributed by atoms with Gasteiger partial charge >= 0.3 is 5.97 Å². The van der Waals surface area contributed by atoms with Crippen molar-refractivity contribution < 1.29 is 9.90 Å². The first-order valence-electron chi connectivity index (χ1n) is 5.88. The molecule has 18 heavy (non-hydrogen) atoms. The molecule has 1 aromatic heterocycles. The highest BCUT2D eigenvalue weighted by atomic mass is 16.4. The molecule has 2 heterocycles. The number of carbonyl (C=O) groups is 1. The largest absolute Gasteiger partial charge is 0.481 e. The lowest BCUT2D eigenvalue weighted by Gasteiger charge is -2.42. The summed E-state index contributed by atoms with van der Waals surface area (Å²) in [4.78, 5) is 17.1. The average Bonchev–Trinajstić information content (AvgIpc) is 2.27. The Bertz CT molecular complexity index is 515. The van der Waals surface area contributed by atoms with Gasteiger partial charge in [0.2, 0.25) is 0 Å². The van der Waals surface area contributed by atoms with E-state index in [0.29, 0.717) is 24.5 Å². The van der Waals surface area contributed by atoms with Gasteiger partial charge in [0.05, 0.1) is 11.5 Å². The third kappa shape index (κ3) is 2.02. The third-order valence-corrected chi connectivity index (χ3v) is 3.56. The molecule has 1 aliphatic rings. The molecule has 1 N–H and O–H groups in total. The van der Waals surface area contributed by atoms with Crippen molar-refractivity contribution in [2.75, 3.05) is 18.0 Å². The highest BCUT2D eigenvalue weighted by Crippen LogP contribution is 2.30. The van der Waals surface area contributed by atoms with Gasteiger partial charge in [-0.25, -0.2) is 4.98 Å². The summed E-state index contributed by atoms with van der Waals surface area (Å²) in [5.41, 5.74) is 1.48. The number of rotatable bonds is 3. The van der Waals surface area contributed by atoms with Crippen molar-refractivity contribution in [1.82, 2.24) is 4.98 Å². The molecule has 1 unspecified atom stereocenters. The number of nitrogens with zero attached hydrogens (tertiary/aromatic N) is 3. The van der Waals surface area contributed by atoms with Crippen molar-refractivity contribution in [3.63, 3.8) is 0 Å². The predicted molar refractivity (Wildman–Crippen MR) is 66.2 cm³/mol. The van der Waals surface area contributed by atoms with Gasteiger partial charge in [0.15, 0.2) is 0 Å². The summed E-state index contributed by atoms with van der Waals surface area (Å²) < 4.78 is 0. The Balaban J connectivity index is 2.12. The van der Waals surface area contributed by atoms with Crippen LogP contribution in [0.2, 0.25) is 0 Å². The first kappa shape index (κ1) is 12.4. The van der Waals surface area contributed by atoms with Gasteiger partial charge in [0.1, 0.15) is 11.9 Å². The van der Waals surface area contributed by atoms with E-state index in [0.717, 1.165) is 5.56 Å². The zero-order valence-electron chi connectivity index (χ0n) is 10.4. The van der Waals surface area contributed by atoms with Crippen LogP contribution in [0.4, 0.5) is 5.82 Å². The number of aryl methyl sites for hydroxylation is 1. The van der Waals surface area contributed by atoms with Crippen LogP contribution < -0.4 is 4.90 Å². The molecule has 0 spiro atoms. The maximum absolute atomic E-state index is 10.9. The molecule has 1 atom stereocenters. The fourth-order valence-corrected chi connectivity index (χ4v) is 2.13. The number of carboxylic acid groups (broad SMARTS) is 1. The summed E-state index contributed by atoms with van der Waals surface area (Å²) in [6.07, 6.45) is 1.68. The van der Waals surface area contributed by atoms with Gasteiger partial charge in [-0.2, -0.15) is 5.26 Å². The van der Waals surface area contributed by atoms with Gasteiger partial charge < -0.3 is 10.0 Å². The van der Waals surface area contributed by atoms with E-state index in [1.165, 1.54) is 0 Å². The summed E-state index contributed by atoms with van der Waals surface area (Å²) in [7, 11) is 0. The number of aromatic nitrogens is 1. The van der Waals surface area contributed by atoms with Crippen LogP contribution in [0.5, 0.6) is 0 Å². The summed E-state index contributed by atoms with van der Waals surface area (Å²) in [5.74, 6) is -0.309. The maximum Gasteiger partial charge on any atom is 0.306 e. The van der Waals surface area contributed by atoms with E-state index in [1.807, 2.05) is 11.8 Å². The highest BCUT2D eigenvalue weighted by Gasteiger charge is 2.36. The quantitative estimate of drug-likeness (QED) is 0.871. The van der Waals surface area contributed by atoms with E-state index in [-0.39, 0.29) is 11.8 Å². The van der Waals surface area contributed by atoms with Crippen LogP contribution in [0.3, 0.4) is 0 Å². The molecule has 94 valence electrons. The second kappa shape index (κ2) is 4.65. The van der Waals surface area contributed by atoms with Crippen LogP contribution in [0.15, 0.2) is 12.3 Å². The number of hydrogen-bond donors (Lipinski definition) is 1. The van der Waals surface area contributed by atoms with Crippen molar-refractivity contribution in [2.24, 2.45) is 11.8 Å². The lowest BCUT2D eigenvalue weighted by molar-refractivity contribution is -0.143. The Kier molecular flexibility index (Phi) is 3.19. The van der Waals surface area contributed by atoms with Crippen molar-refractivity contribution >= 4 is 11.8 Å². The smallest absolute Gasteiger partial charge is 0.306 e. The summed E-state index contributed by atoms with van der Waals surface area (Å²) in [6.45, 7) is 4.90. The second-order valence-corrected chi connectivity index (χ2v) is 4.73. The number of nitriles is 1. The van der Waals surface area contributed by atoms with Gasteiger partial charge in [-0.05, 0) is 18.6 Å². The minimum atomic E-state index is -0.766. The fourth-order valence-electron chi connectivity index (χ4n) is 2.13. The molecule has 0 aliphatic carbocycles. The number of pyridine rings is 1. The summed E-state index contributed by atoms with van der Waals surface area (Å²) in [6, 6.07) is 3.96. The Morgan fingerprint density at radius 2 is 2.33 bits per heavy atom. The van der Waals surface area contributed by atoms with Crippen molar-refractivity contribution in [1.29, 1.82) is 5.26 Å². The number of hydrogen-bond acceptors (Lipinski definition) is 4. The Labute approximate surface area is 106 Å². The Morgan fingerprint density at radius 1 is 1.67 bits per heavy atom. The van der Waals surface area contributed by atoms with Gasteiger partial charge in [0, 0.05) is 25.2 Å². The molecule has 0 amide bonds. The fraction of sp³-hybridized carbons (Fsp3) is 0.462. The molecule has 5 nitrogen and oxygen atoms in total. The van der Waals surface area contributed by atoms with E-state index in [2.05, 4.69) is 11.1 Å². The van der Waals surface area contributed by atoms with Crippen LogP contribution in [0.25, 0.3) is 0 Å². The van der Waals surface area contributed by atoms with Crippen LogP contribution in [0, 0.1) is 30.1 Å². The van der Waals surface area contributed by atoms with Crippen molar-refractivity contribution in [2.45, 2.75) is 13.8 Å². The van der Waals surface area contributed by atoms with E-state index >= 15 is 0 Å². The topological polar surface area (TPSA) is 77.2 Å². The molecule has 0 radical (unpaired) electrons. The molecule has 1 fully saturated rings. The number of carboxylic acids is 1. The molecule has 2 rings (SSSR count). The standard InChI is InChI=1S/C13H15N3O2/c1-8-3-4-15-12(11(8)5-14)16-6-10(7-16)9(2)13(17)18/h3-4,9-10H,6-7H2,1-2H3,(H,17,18). The minimum Gasteiger partial charge on any atom is -0.481 e. The molecule has 1 aliphatic heterocycles. The van der Waals surface area contributed by atoms with Crippen LogP contribution in [-0.2, 0) is 4.79 Å². The lowest BCUT2D eigenvalue weighted by Crippen LogP contribution is -2.51. The molecular formula is C13H15N3O2. The highest BCUT2D eigenvalue weighted by molar-refractivity contribution is 5.71. The molecule has 1 saturated heterocycles. The van der Waals surface area contributed by atoms with Crippen LogP contribution >= 0.6 is 0 Å². The molecular weight excluding hydrogens is 230 g/mol. The van der Waals surface area contributed by atoms with Crippen molar-refractivity contribution in [3.05, 3.63) is 23.4 Å². The lowest BCUT2D eigenvalue weighted by atomic mass is 9.87. The molecule has 0 saturated carbocycles. The maximum atomic E-state index is 10.9. The Morgan fingerprint density at radius 3 is 2.89 bits per heavy atom. The summed E-state index contributed by atoms with van der Waals surface area (Å²) in [5, 5.41) is 18.1. The average molecular weight is 245 g/mol. The SMILES string of the molecule is Cc1ccnc(N2CC(C(C)C(=O)O)C2)c1C#N. The minimum absolute atomic E-state index is 0.136. The number of anilines is 1. The molecule has 5 heteroatoms. The monoisotopic (exact) mass is 245 g/mol. The normalized spacial score (nSPS) is 16.8. The van der Waals surface area contributed by atoms with E-state index in [4.69, 9.17) is 10.4 Å². The predicted octanol–water partition coefficient (Wildman–Crippen LogP) is 1.42. The van der Waals surface area contributed by atoms with Crippen molar-refractivity contribution in [3.8, 4) is 6.07 Å². The molecule has 0 aromatic carbocycles. The summed E-state index contributed by atoms with van der Waals surface area (Å²) >= 11 is 0.